The fraction of sp³-hybridized carbons (Fsp3) is 0.304. The van der Waals surface area contributed by atoms with Gasteiger partial charge in [0.15, 0.2) is 11.5 Å². The number of nitrogens with zero attached hydrogens (tertiary/aromatic N) is 2. The maximum Gasteiger partial charge on any atom is 0.257 e. The van der Waals surface area contributed by atoms with Crippen LogP contribution in [0.1, 0.15) is 46.1 Å². The van der Waals surface area contributed by atoms with Gasteiger partial charge in [0, 0.05) is 17.6 Å². The van der Waals surface area contributed by atoms with Gasteiger partial charge in [0.05, 0.1) is 23.4 Å². The van der Waals surface area contributed by atoms with Crippen LogP contribution in [0.3, 0.4) is 0 Å². The summed E-state index contributed by atoms with van der Waals surface area (Å²) < 4.78 is 11.5. The number of methoxy groups -OCH3 is 1. The first-order chi connectivity index (χ1) is 14.6. The van der Waals surface area contributed by atoms with Crippen LogP contribution in [0.25, 0.3) is 0 Å². The van der Waals surface area contributed by atoms with Gasteiger partial charge in [0.1, 0.15) is 12.8 Å². The predicted octanol–water partition coefficient (Wildman–Crippen LogP) is 5.02. The summed E-state index contributed by atoms with van der Waals surface area (Å²) in [6.45, 7) is 5.09. The van der Waals surface area contributed by atoms with Gasteiger partial charge in [-0.25, -0.2) is 4.98 Å². The van der Waals surface area contributed by atoms with E-state index in [0.717, 1.165) is 28.4 Å². The molecule has 3 aromatic rings. The third-order valence-corrected chi connectivity index (χ3v) is 5.85. The van der Waals surface area contributed by atoms with E-state index in [2.05, 4.69) is 17.2 Å². The number of thiazole rings is 1. The Morgan fingerprint density at radius 2 is 2.03 bits per heavy atom. The van der Waals surface area contributed by atoms with Crippen molar-refractivity contribution in [2.24, 2.45) is 0 Å². The van der Waals surface area contributed by atoms with Crippen LogP contribution in [0, 0.1) is 6.92 Å². The van der Waals surface area contributed by atoms with Gasteiger partial charge in [0.2, 0.25) is 0 Å². The number of hydrogen-bond acceptors (Lipinski definition) is 6. The van der Waals surface area contributed by atoms with Gasteiger partial charge < -0.3 is 19.7 Å². The zero-order chi connectivity index (χ0) is 21.1. The standard InChI is InChI=1S/C23H25N3O3S/c1-4-11-26-22(25-19-8-6-5-7-18(19)23(26)27)16-9-10-20(21(12-16)28-3)29-13-17-14-30-15(2)24-17/h5-10,12,14,22,25H,4,11,13H2,1-3H3. The largest absolute Gasteiger partial charge is 0.493 e. The molecule has 156 valence electrons. The lowest BCUT2D eigenvalue weighted by Gasteiger charge is -2.38. The van der Waals surface area contributed by atoms with Crippen molar-refractivity contribution < 1.29 is 14.3 Å². The number of para-hydroxylation sites is 1. The Hall–Kier alpha value is -3.06. The van der Waals surface area contributed by atoms with Crippen molar-refractivity contribution in [3.63, 3.8) is 0 Å². The van der Waals surface area contributed by atoms with Crippen molar-refractivity contribution in [3.05, 3.63) is 69.7 Å². The summed E-state index contributed by atoms with van der Waals surface area (Å²) in [5.41, 5.74) is 3.39. The smallest absolute Gasteiger partial charge is 0.257 e. The van der Waals surface area contributed by atoms with Gasteiger partial charge in [-0.3, -0.25) is 4.79 Å². The molecule has 0 aliphatic carbocycles. The lowest BCUT2D eigenvalue weighted by Crippen LogP contribution is -2.43. The minimum atomic E-state index is -0.267. The lowest BCUT2D eigenvalue weighted by molar-refractivity contribution is 0.0683. The number of benzene rings is 2. The second-order valence-electron chi connectivity index (χ2n) is 7.15. The molecule has 0 radical (unpaired) electrons. The van der Waals surface area contributed by atoms with E-state index in [-0.39, 0.29) is 12.1 Å². The van der Waals surface area contributed by atoms with Crippen molar-refractivity contribution in [3.8, 4) is 11.5 Å². The molecule has 0 saturated heterocycles. The third-order valence-electron chi connectivity index (χ3n) is 5.03. The fourth-order valence-electron chi connectivity index (χ4n) is 3.63. The molecule has 7 heteroatoms. The number of hydrogen-bond donors (Lipinski definition) is 1. The molecular weight excluding hydrogens is 398 g/mol. The van der Waals surface area contributed by atoms with E-state index in [0.29, 0.717) is 30.2 Å². The van der Waals surface area contributed by atoms with Crippen molar-refractivity contribution >= 4 is 22.9 Å². The van der Waals surface area contributed by atoms with Crippen molar-refractivity contribution in [1.29, 1.82) is 0 Å². The maximum absolute atomic E-state index is 13.1. The average Bonchev–Trinajstić information content (AvgIpc) is 3.19. The number of fused-ring (bicyclic) bond motifs is 1. The van der Waals surface area contributed by atoms with Gasteiger partial charge in [-0.15, -0.1) is 11.3 Å². The molecule has 0 saturated carbocycles. The van der Waals surface area contributed by atoms with Gasteiger partial charge >= 0.3 is 0 Å². The van der Waals surface area contributed by atoms with E-state index in [9.17, 15) is 4.79 Å². The van der Waals surface area contributed by atoms with Crippen LogP contribution in [-0.4, -0.2) is 29.4 Å². The van der Waals surface area contributed by atoms with Crippen molar-refractivity contribution in [2.45, 2.75) is 33.0 Å². The highest BCUT2D eigenvalue weighted by Gasteiger charge is 2.32. The Balaban J connectivity index is 1.61. The highest BCUT2D eigenvalue weighted by molar-refractivity contribution is 7.09. The molecule has 4 rings (SSSR count). The fourth-order valence-corrected chi connectivity index (χ4v) is 4.22. The van der Waals surface area contributed by atoms with Gasteiger partial charge in [-0.05, 0) is 43.2 Å². The summed E-state index contributed by atoms with van der Waals surface area (Å²) in [6, 6.07) is 13.4. The number of amides is 1. The molecule has 0 fully saturated rings. The first-order valence-corrected chi connectivity index (χ1v) is 10.9. The van der Waals surface area contributed by atoms with Crippen LogP contribution in [0.4, 0.5) is 5.69 Å². The van der Waals surface area contributed by atoms with E-state index in [1.54, 1.807) is 18.4 Å². The molecule has 1 atom stereocenters. The number of carbonyl (C=O) groups is 1. The van der Waals surface area contributed by atoms with Crippen LogP contribution in [0.2, 0.25) is 0 Å². The molecule has 2 heterocycles. The number of aryl methyl sites for hydroxylation is 1. The second kappa shape index (κ2) is 8.75. The number of carbonyl (C=O) groups excluding carboxylic acids is 1. The van der Waals surface area contributed by atoms with Crippen LogP contribution in [-0.2, 0) is 6.61 Å². The number of anilines is 1. The minimum absolute atomic E-state index is 0.0365. The Bertz CT molecular complexity index is 1050. The van der Waals surface area contributed by atoms with Crippen LogP contribution < -0.4 is 14.8 Å². The molecule has 1 amide bonds. The van der Waals surface area contributed by atoms with Gasteiger partial charge in [-0.1, -0.05) is 25.1 Å². The van der Waals surface area contributed by atoms with E-state index in [4.69, 9.17) is 9.47 Å². The normalized spacial score (nSPS) is 15.5. The molecule has 6 nitrogen and oxygen atoms in total. The predicted molar refractivity (Wildman–Crippen MR) is 118 cm³/mol. The van der Waals surface area contributed by atoms with E-state index in [1.165, 1.54) is 0 Å². The summed E-state index contributed by atoms with van der Waals surface area (Å²) >= 11 is 1.60. The van der Waals surface area contributed by atoms with Gasteiger partial charge in [-0.2, -0.15) is 0 Å². The average molecular weight is 424 g/mol. The van der Waals surface area contributed by atoms with Crippen LogP contribution in [0.5, 0.6) is 11.5 Å². The zero-order valence-corrected chi connectivity index (χ0v) is 18.2. The Morgan fingerprint density at radius 1 is 1.20 bits per heavy atom. The summed E-state index contributed by atoms with van der Waals surface area (Å²) in [7, 11) is 1.62. The molecule has 1 aliphatic rings. The van der Waals surface area contributed by atoms with E-state index < -0.39 is 0 Å². The Morgan fingerprint density at radius 3 is 2.77 bits per heavy atom. The first-order valence-electron chi connectivity index (χ1n) is 9.99. The molecule has 1 aliphatic heterocycles. The highest BCUT2D eigenvalue weighted by atomic mass is 32.1. The number of nitrogens with one attached hydrogen (secondary N) is 1. The van der Waals surface area contributed by atoms with Crippen molar-refractivity contribution in [1.82, 2.24) is 9.88 Å². The number of rotatable bonds is 7. The van der Waals surface area contributed by atoms with Gasteiger partial charge in [0.25, 0.3) is 5.91 Å². The molecule has 1 aromatic heterocycles. The molecule has 0 spiro atoms. The zero-order valence-electron chi connectivity index (χ0n) is 17.3. The molecule has 1 unspecified atom stereocenters. The number of ether oxygens (including phenoxy) is 2. The topological polar surface area (TPSA) is 63.7 Å². The molecule has 0 bridgehead atoms. The summed E-state index contributed by atoms with van der Waals surface area (Å²) in [6.07, 6.45) is 0.605. The second-order valence-corrected chi connectivity index (χ2v) is 8.21. The van der Waals surface area contributed by atoms with E-state index >= 15 is 0 Å². The van der Waals surface area contributed by atoms with E-state index in [1.807, 2.05) is 59.7 Å². The molecule has 2 aromatic carbocycles. The summed E-state index contributed by atoms with van der Waals surface area (Å²) in [4.78, 5) is 19.4. The maximum atomic E-state index is 13.1. The lowest BCUT2D eigenvalue weighted by atomic mass is 10.0. The molecular formula is C23H25N3O3S. The van der Waals surface area contributed by atoms with Crippen LogP contribution in [0.15, 0.2) is 47.8 Å². The molecule has 30 heavy (non-hydrogen) atoms. The Kier molecular flexibility index (Phi) is 5.90. The third kappa shape index (κ3) is 3.98. The first kappa shape index (κ1) is 20.2. The molecule has 1 N–H and O–H groups in total. The summed E-state index contributed by atoms with van der Waals surface area (Å²) in [5.74, 6) is 1.31. The van der Waals surface area contributed by atoms with Crippen LogP contribution >= 0.6 is 11.3 Å². The minimum Gasteiger partial charge on any atom is -0.493 e. The summed E-state index contributed by atoms with van der Waals surface area (Å²) in [5, 5.41) is 6.52. The monoisotopic (exact) mass is 423 g/mol. The quantitative estimate of drug-likeness (QED) is 0.578. The SMILES string of the molecule is CCCN1C(=O)c2ccccc2NC1c1ccc(OCc2csc(C)n2)c(OC)c1. The van der Waals surface area contributed by atoms with Crippen molar-refractivity contribution in [2.75, 3.05) is 19.0 Å². The Labute approximate surface area is 180 Å². The highest BCUT2D eigenvalue weighted by Crippen LogP contribution is 2.37. The number of aromatic nitrogens is 1.